The van der Waals surface area contributed by atoms with E-state index >= 15 is 0 Å². The van der Waals surface area contributed by atoms with Crippen LogP contribution in [0.15, 0.2) is 36.9 Å². The average Bonchev–Trinajstić information content (AvgIpc) is 2.80. The molecule has 0 heterocycles. The maximum absolute atomic E-state index is 13.0. The van der Waals surface area contributed by atoms with E-state index in [9.17, 15) is 17.6 Å². The van der Waals surface area contributed by atoms with Crippen LogP contribution in [-0.4, -0.2) is 18.6 Å². The Hall–Kier alpha value is -1.80. The number of benzene rings is 1. The van der Waals surface area contributed by atoms with E-state index in [-0.39, 0.29) is 5.92 Å². The van der Waals surface area contributed by atoms with Crippen molar-refractivity contribution in [2.24, 2.45) is 17.8 Å². The van der Waals surface area contributed by atoms with Crippen LogP contribution < -0.4 is 0 Å². The average molecular weight is 451 g/mol. The van der Waals surface area contributed by atoms with Crippen LogP contribution >= 0.6 is 0 Å². The zero-order valence-corrected chi connectivity index (χ0v) is 18.8. The fraction of sp³-hybridized carbons (Fsp3) is 0.630. The predicted octanol–water partition coefficient (Wildman–Crippen LogP) is 7.96. The number of rotatable bonds is 6. The molecule has 5 heteroatoms. The molecule has 2 unspecified atom stereocenters. The van der Waals surface area contributed by atoms with Gasteiger partial charge < -0.3 is 4.74 Å². The highest BCUT2D eigenvalue weighted by molar-refractivity contribution is 5.37. The molecule has 2 aliphatic rings. The fourth-order valence-electron chi connectivity index (χ4n) is 5.19. The topological polar surface area (TPSA) is 9.23 Å². The van der Waals surface area contributed by atoms with Crippen LogP contribution in [0, 0.1) is 29.6 Å². The molecule has 2 saturated carbocycles. The van der Waals surface area contributed by atoms with Crippen molar-refractivity contribution in [1.82, 2.24) is 0 Å². The first kappa shape index (κ1) is 24.8. The normalized spacial score (nSPS) is 28.3. The Labute approximate surface area is 189 Å². The van der Waals surface area contributed by atoms with Crippen LogP contribution in [0.25, 0.3) is 0 Å². The SMILES string of the molecule is C=CC(CC)C1CCC(c2ccc(C#CC3CCC(OC(F)C(F)(F)F)CC3)cc2)CC1. The van der Waals surface area contributed by atoms with Gasteiger partial charge in [0.1, 0.15) is 0 Å². The van der Waals surface area contributed by atoms with Gasteiger partial charge in [0.15, 0.2) is 0 Å². The van der Waals surface area contributed by atoms with Gasteiger partial charge in [0, 0.05) is 11.5 Å². The highest BCUT2D eigenvalue weighted by atomic mass is 19.4. The van der Waals surface area contributed by atoms with Gasteiger partial charge >= 0.3 is 6.18 Å². The second kappa shape index (κ2) is 11.4. The zero-order valence-electron chi connectivity index (χ0n) is 18.8. The van der Waals surface area contributed by atoms with Gasteiger partial charge in [-0.1, -0.05) is 37.0 Å². The van der Waals surface area contributed by atoms with Crippen molar-refractivity contribution in [1.29, 1.82) is 0 Å². The first-order chi connectivity index (χ1) is 15.3. The zero-order chi connectivity index (χ0) is 23.1. The summed E-state index contributed by atoms with van der Waals surface area (Å²) in [5.74, 6) is 8.58. The van der Waals surface area contributed by atoms with Crippen LogP contribution in [-0.2, 0) is 4.74 Å². The summed E-state index contributed by atoms with van der Waals surface area (Å²) in [5.41, 5.74) is 2.34. The maximum atomic E-state index is 13.0. The highest BCUT2D eigenvalue weighted by Gasteiger charge is 2.43. The molecule has 0 aromatic heterocycles. The van der Waals surface area contributed by atoms with Gasteiger partial charge in [-0.3, -0.25) is 0 Å². The molecule has 1 aromatic rings. The molecule has 0 radical (unpaired) electrons. The summed E-state index contributed by atoms with van der Waals surface area (Å²) in [7, 11) is 0. The number of ether oxygens (including phenoxy) is 1. The molecule has 0 aliphatic heterocycles. The van der Waals surface area contributed by atoms with E-state index in [2.05, 4.69) is 60.4 Å². The van der Waals surface area contributed by atoms with Crippen LogP contribution in [0.2, 0.25) is 0 Å². The Balaban J connectivity index is 1.46. The number of halogens is 4. The molecule has 2 aliphatic carbocycles. The number of hydrogen-bond donors (Lipinski definition) is 0. The molecule has 0 amide bonds. The van der Waals surface area contributed by atoms with E-state index in [0.717, 1.165) is 11.5 Å². The molecule has 1 nitrogen and oxygen atoms in total. The Bertz CT molecular complexity index is 773. The number of hydrogen-bond acceptors (Lipinski definition) is 1. The maximum Gasteiger partial charge on any atom is 0.445 e. The molecule has 2 fully saturated rings. The summed E-state index contributed by atoms with van der Waals surface area (Å²) >= 11 is 0. The molecule has 0 spiro atoms. The molecule has 0 N–H and O–H groups in total. The van der Waals surface area contributed by atoms with Crippen molar-refractivity contribution in [3.63, 3.8) is 0 Å². The van der Waals surface area contributed by atoms with Gasteiger partial charge in [-0.25, -0.2) is 4.39 Å². The van der Waals surface area contributed by atoms with Crippen molar-refractivity contribution in [2.45, 2.75) is 89.3 Å². The lowest BCUT2D eigenvalue weighted by Crippen LogP contribution is -2.33. The molecular weight excluding hydrogens is 416 g/mol. The second-order valence-electron chi connectivity index (χ2n) is 9.28. The van der Waals surface area contributed by atoms with E-state index in [1.807, 2.05) is 0 Å². The van der Waals surface area contributed by atoms with Crippen molar-refractivity contribution in [2.75, 3.05) is 0 Å². The third kappa shape index (κ3) is 6.85. The van der Waals surface area contributed by atoms with Gasteiger partial charge in [-0.2, -0.15) is 13.2 Å². The summed E-state index contributed by atoms with van der Waals surface area (Å²) in [6, 6.07) is 8.50. The van der Waals surface area contributed by atoms with Crippen molar-refractivity contribution in [3.8, 4) is 11.8 Å². The van der Waals surface area contributed by atoms with E-state index in [0.29, 0.717) is 37.5 Å². The van der Waals surface area contributed by atoms with E-state index in [1.54, 1.807) is 0 Å². The standard InChI is InChI=1S/C27H34F4O/c1-3-21(4-2)22-13-15-24(16-14-22)23-11-7-19(8-12-23)5-6-20-9-17-25(18-10-20)32-26(28)27(29,30)31/h3,7-8,11-12,20-22,24-26H,1,4,9-10,13-18H2,2H3. The minimum atomic E-state index is -4.95. The lowest BCUT2D eigenvalue weighted by molar-refractivity contribution is -0.279. The van der Waals surface area contributed by atoms with Crippen LogP contribution in [0.3, 0.4) is 0 Å². The molecule has 176 valence electrons. The smallest absolute Gasteiger partial charge is 0.338 e. The van der Waals surface area contributed by atoms with E-state index < -0.39 is 18.6 Å². The molecular formula is C27H34F4O. The van der Waals surface area contributed by atoms with Crippen molar-refractivity contribution in [3.05, 3.63) is 48.0 Å². The highest BCUT2D eigenvalue weighted by Crippen LogP contribution is 2.40. The summed E-state index contributed by atoms with van der Waals surface area (Å²) in [5, 5.41) is 0. The van der Waals surface area contributed by atoms with Gasteiger partial charge in [-0.15, -0.1) is 6.58 Å². The number of allylic oxidation sites excluding steroid dienone is 1. The van der Waals surface area contributed by atoms with Gasteiger partial charge in [0.05, 0.1) is 6.10 Å². The van der Waals surface area contributed by atoms with Crippen LogP contribution in [0.5, 0.6) is 0 Å². The number of alkyl halides is 4. The molecule has 0 bridgehead atoms. The van der Waals surface area contributed by atoms with E-state index in [1.165, 1.54) is 37.7 Å². The Morgan fingerprint density at radius 3 is 2.19 bits per heavy atom. The predicted molar refractivity (Wildman–Crippen MR) is 120 cm³/mol. The first-order valence-corrected chi connectivity index (χ1v) is 11.9. The molecule has 2 atom stereocenters. The lowest BCUT2D eigenvalue weighted by Gasteiger charge is -2.32. The molecule has 0 saturated heterocycles. The minimum absolute atomic E-state index is 0.116. The quantitative estimate of drug-likeness (QED) is 0.243. The van der Waals surface area contributed by atoms with Gasteiger partial charge in [0.25, 0.3) is 6.36 Å². The fourth-order valence-corrected chi connectivity index (χ4v) is 5.19. The molecule has 3 rings (SSSR count). The molecule has 32 heavy (non-hydrogen) atoms. The van der Waals surface area contributed by atoms with Gasteiger partial charge in [-0.05, 0) is 93.2 Å². The summed E-state index contributed by atoms with van der Waals surface area (Å²) in [6.45, 7) is 6.23. The van der Waals surface area contributed by atoms with Crippen LogP contribution in [0.1, 0.15) is 81.8 Å². The largest absolute Gasteiger partial charge is 0.445 e. The first-order valence-electron chi connectivity index (χ1n) is 11.9. The summed E-state index contributed by atoms with van der Waals surface area (Å²) < 4.78 is 54.4. The Kier molecular flexibility index (Phi) is 8.82. The van der Waals surface area contributed by atoms with E-state index in [4.69, 9.17) is 0 Å². The lowest BCUT2D eigenvalue weighted by atomic mass is 9.73. The Morgan fingerprint density at radius 2 is 1.66 bits per heavy atom. The van der Waals surface area contributed by atoms with Crippen molar-refractivity contribution < 1.29 is 22.3 Å². The third-order valence-electron chi connectivity index (χ3n) is 7.20. The summed E-state index contributed by atoms with van der Waals surface area (Å²) in [6.07, 6.45) is 1.50. The van der Waals surface area contributed by atoms with Crippen molar-refractivity contribution >= 4 is 0 Å². The molecule has 1 aromatic carbocycles. The van der Waals surface area contributed by atoms with Gasteiger partial charge in [0.2, 0.25) is 0 Å². The second-order valence-corrected chi connectivity index (χ2v) is 9.28. The Morgan fingerprint density at radius 1 is 1.03 bits per heavy atom. The third-order valence-corrected chi connectivity index (χ3v) is 7.20. The minimum Gasteiger partial charge on any atom is -0.338 e. The monoisotopic (exact) mass is 450 g/mol. The summed E-state index contributed by atoms with van der Waals surface area (Å²) in [4.78, 5) is 0. The van der Waals surface area contributed by atoms with Crippen LogP contribution in [0.4, 0.5) is 17.6 Å².